The molecule has 0 heterocycles. The Bertz CT molecular complexity index is 692. The molecule has 0 bridgehead atoms. The van der Waals surface area contributed by atoms with Crippen molar-refractivity contribution in [3.05, 3.63) is 62.4 Å². The summed E-state index contributed by atoms with van der Waals surface area (Å²) in [7, 11) is 0. The third-order valence-electron chi connectivity index (χ3n) is 2.76. The number of ether oxygens (including phenoxy) is 1. The molecule has 0 radical (unpaired) electrons. The number of nitro groups is 1. The highest BCUT2D eigenvalue weighted by atomic mass is 79.9. The Kier molecular flexibility index (Phi) is 4.54. The molecule has 0 amide bonds. The fourth-order valence-electron chi connectivity index (χ4n) is 1.89. The SMILES string of the molecule is C[C@@H](N)c1c(F)cccc1Oc1cc(Br)cc([N+](=O)[O-])c1. The van der Waals surface area contributed by atoms with Gasteiger partial charge in [0.05, 0.1) is 11.0 Å². The summed E-state index contributed by atoms with van der Waals surface area (Å²) in [5.41, 5.74) is 5.84. The summed E-state index contributed by atoms with van der Waals surface area (Å²) in [5, 5.41) is 10.8. The first-order valence-corrected chi connectivity index (χ1v) is 6.84. The quantitative estimate of drug-likeness (QED) is 0.655. The molecule has 2 N–H and O–H groups in total. The molecule has 0 saturated carbocycles. The summed E-state index contributed by atoms with van der Waals surface area (Å²) in [5.74, 6) is -0.0204. The van der Waals surface area contributed by atoms with Crippen LogP contribution >= 0.6 is 15.9 Å². The molecule has 0 spiro atoms. The van der Waals surface area contributed by atoms with Gasteiger partial charge in [-0.3, -0.25) is 10.1 Å². The molecule has 0 fully saturated rings. The number of non-ortho nitro benzene ring substituents is 1. The summed E-state index contributed by atoms with van der Waals surface area (Å²) < 4.78 is 19.9. The predicted molar refractivity (Wildman–Crippen MR) is 79.9 cm³/mol. The second-order valence-corrected chi connectivity index (χ2v) is 5.36. The van der Waals surface area contributed by atoms with Gasteiger partial charge in [0.2, 0.25) is 0 Å². The van der Waals surface area contributed by atoms with E-state index in [9.17, 15) is 14.5 Å². The average Bonchev–Trinajstić information content (AvgIpc) is 2.37. The zero-order chi connectivity index (χ0) is 15.6. The van der Waals surface area contributed by atoms with Gasteiger partial charge < -0.3 is 10.5 Å². The van der Waals surface area contributed by atoms with E-state index in [0.29, 0.717) is 4.47 Å². The molecule has 110 valence electrons. The highest BCUT2D eigenvalue weighted by Gasteiger charge is 2.16. The van der Waals surface area contributed by atoms with E-state index in [1.54, 1.807) is 19.1 Å². The smallest absolute Gasteiger partial charge is 0.274 e. The van der Waals surface area contributed by atoms with E-state index < -0.39 is 16.8 Å². The van der Waals surface area contributed by atoms with Crippen LogP contribution in [0.15, 0.2) is 40.9 Å². The summed E-state index contributed by atoms with van der Waals surface area (Å²) in [6.45, 7) is 1.63. The second kappa shape index (κ2) is 6.19. The summed E-state index contributed by atoms with van der Waals surface area (Å²) in [6.07, 6.45) is 0. The van der Waals surface area contributed by atoms with Crippen molar-refractivity contribution in [1.82, 2.24) is 0 Å². The Labute approximate surface area is 128 Å². The van der Waals surface area contributed by atoms with Gasteiger partial charge in [0.15, 0.2) is 0 Å². The molecule has 0 aliphatic heterocycles. The Hall–Kier alpha value is -1.99. The van der Waals surface area contributed by atoms with Crippen LogP contribution in [-0.4, -0.2) is 4.92 Å². The fraction of sp³-hybridized carbons (Fsp3) is 0.143. The first-order valence-electron chi connectivity index (χ1n) is 6.05. The maximum Gasteiger partial charge on any atom is 0.274 e. The van der Waals surface area contributed by atoms with Crippen LogP contribution < -0.4 is 10.5 Å². The molecule has 7 heteroatoms. The largest absolute Gasteiger partial charge is 0.457 e. The molecule has 0 aliphatic rings. The third-order valence-corrected chi connectivity index (χ3v) is 3.22. The Balaban J connectivity index is 2.43. The Morgan fingerprint density at radius 3 is 2.71 bits per heavy atom. The zero-order valence-corrected chi connectivity index (χ0v) is 12.6. The summed E-state index contributed by atoms with van der Waals surface area (Å²) in [4.78, 5) is 10.3. The molecular formula is C14H12BrFN2O3. The number of benzene rings is 2. The lowest BCUT2D eigenvalue weighted by Gasteiger charge is -2.14. The lowest BCUT2D eigenvalue weighted by atomic mass is 10.1. The maximum absolute atomic E-state index is 13.8. The highest BCUT2D eigenvalue weighted by Crippen LogP contribution is 2.33. The van der Waals surface area contributed by atoms with Crippen molar-refractivity contribution in [2.24, 2.45) is 5.73 Å². The minimum absolute atomic E-state index is 0.127. The van der Waals surface area contributed by atoms with Crippen molar-refractivity contribution in [3.8, 4) is 11.5 Å². The molecule has 0 saturated heterocycles. The van der Waals surface area contributed by atoms with Crippen LogP contribution in [0.2, 0.25) is 0 Å². The van der Waals surface area contributed by atoms with Gasteiger partial charge in [-0.25, -0.2) is 4.39 Å². The van der Waals surface area contributed by atoms with Crippen LogP contribution in [0.4, 0.5) is 10.1 Å². The van der Waals surface area contributed by atoms with Gasteiger partial charge in [0.1, 0.15) is 17.3 Å². The van der Waals surface area contributed by atoms with Crippen LogP contribution in [0.1, 0.15) is 18.5 Å². The van der Waals surface area contributed by atoms with Crippen molar-refractivity contribution in [2.75, 3.05) is 0 Å². The number of hydrogen-bond donors (Lipinski definition) is 1. The topological polar surface area (TPSA) is 78.4 Å². The first kappa shape index (κ1) is 15.4. The predicted octanol–water partition coefficient (Wildman–Crippen LogP) is 4.31. The van der Waals surface area contributed by atoms with Gasteiger partial charge in [0.25, 0.3) is 5.69 Å². The molecular weight excluding hydrogens is 343 g/mol. The van der Waals surface area contributed by atoms with Crippen LogP contribution in [-0.2, 0) is 0 Å². The normalized spacial score (nSPS) is 12.0. The van der Waals surface area contributed by atoms with Gasteiger partial charge in [-0.2, -0.15) is 0 Å². The molecule has 2 aromatic carbocycles. The standard InChI is InChI=1S/C14H12BrFN2O3/c1-8(17)14-12(16)3-2-4-13(14)21-11-6-9(15)5-10(7-11)18(19)20/h2-8H,17H2,1H3/t8-/m1/s1. The molecule has 5 nitrogen and oxygen atoms in total. The van der Waals surface area contributed by atoms with E-state index in [1.165, 1.54) is 24.3 Å². The lowest BCUT2D eigenvalue weighted by Crippen LogP contribution is -2.09. The number of nitrogens with zero attached hydrogens (tertiary/aromatic N) is 1. The van der Waals surface area contributed by atoms with Crippen molar-refractivity contribution < 1.29 is 14.1 Å². The van der Waals surface area contributed by atoms with E-state index in [2.05, 4.69) is 15.9 Å². The number of halogens is 2. The van der Waals surface area contributed by atoms with E-state index in [-0.39, 0.29) is 22.7 Å². The molecule has 2 rings (SSSR count). The summed E-state index contributed by atoms with van der Waals surface area (Å²) >= 11 is 3.17. The van der Waals surface area contributed by atoms with Crippen LogP contribution in [0.3, 0.4) is 0 Å². The molecule has 0 aliphatic carbocycles. The van der Waals surface area contributed by atoms with Gasteiger partial charge >= 0.3 is 0 Å². The van der Waals surface area contributed by atoms with Crippen LogP contribution in [0, 0.1) is 15.9 Å². The van der Waals surface area contributed by atoms with E-state index in [1.807, 2.05) is 0 Å². The molecule has 0 unspecified atom stereocenters. The van der Waals surface area contributed by atoms with Crippen molar-refractivity contribution in [1.29, 1.82) is 0 Å². The monoisotopic (exact) mass is 354 g/mol. The van der Waals surface area contributed by atoms with Gasteiger partial charge in [-0.15, -0.1) is 0 Å². The van der Waals surface area contributed by atoms with E-state index in [4.69, 9.17) is 10.5 Å². The zero-order valence-electron chi connectivity index (χ0n) is 11.0. The molecule has 21 heavy (non-hydrogen) atoms. The first-order chi connectivity index (χ1) is 9.88. The average molecular weight is 355 g/mol. The second-order valence-electron chi connectivity index (χ2n) is 4.44. The van der Waals surface area contributed by atoms with Gasteiger partial charge in [-0.1, -0.05) is 22.0 Å². The van der Waals surface area contributed by atoms with Crippen molar-refractivity contribution in [3.63, 3.8) is 0 Å². The Morgan fingerprint density at radius 1 is 1.38 bits per heavy atom. The minimum atomic E-state index is -0.566. The van der Waals surface area contributed by atoms with Gasteiger partial charge in [0, 0.05) is 22.1 Å². The maximum atomic E-state index is 13.8. The third kappa shape index (κ3) is 3.56. The number of rotatable bonds is 4. The number of nitro benzene ring substituents is 1. The van der Waals surface area contributed by atoms with E-state index in [0.717, 1.165) is 0 Å². The molecule has 0 aromatic heterocycles. The highest BCUT2D eigenvalue weighted by molar-refractivity contribution is 9.10. The van der Waals surface area contributed by atoms with Crippen molar-refractivity contribution in [2.45, 2.75) is 13.0 Å². The van der Waals surface area contributed by atoms with E-state index >= 15 is 0 Å². The Morgan fingerprint density at radius 2 is 2.10 bits per heavy atom. The van der Waals surface area contributed by atoms with Crippen LogP contribution in [0.25, 0.3) is 0 Å². The lowest BCUT2D eigenvalue weighted by molar-refractivity contribution is -0.385. The van der Waals surface area contributed by atoms with Crippen LogP contribution in [0.5, 0.6) is 11.5 Å². The number of nitrogens with two attached hydrogens (primary N) is 1. The minimum Gasteiger partial charge on any atom is -0.457 e. The summed E-state index contributed by atoms with van der Waals surface area (Å²) in [6, 6.07) is 7.95. The fourth-order valence-corrected chi connectivity index (χ4v) is 2.35. The van der Waals surface area contributed by atoms with Gasteiger partial charge in [-0.05, 0) is 25.1 Å². The molecule has 2 aromatic rings. The van der Waals surface area contributed by atoms with Crippen molar-refractivity contribution >= 4 is 21.6 Å². The number of hydrogen-bond acceptors (Lipinski definition) is 4. The molecule has 1 atom stereocenters.